The SMILES string of the molecule is NCCCC1COOCC12COCOC2. The summed E-state index contributed by atoms with van der Waals surface area (Å²) < 4.78 is 10.8. The molecule has 2 aliphatic rings. The summed E-state index contributed by atoms with van der Waals surface area (Å²) in [4.78, 5) is 10.1. The van der Waals surface area contributed by atoms with Gasteiger partial charge in [0.2, 0.25) is 0 Å². The van der Waals surface area contributed by atoms with E-state index in [2.05, 4.69) is 0 Å². The van der Waals surface area contributed by atoms with Gasteiger partial charge < -0.3 is 15.2 Å². The first-order valence-corrected chi connectivity index (χ1v) is 5.47. The summed E-state index contributed by atoms with van der Waals surface area (Å²) in [5.74, 6) is 0.426. The van der Waals surface area contributed by atoms with Crippen LogP contribution in [0.1, 0.15) is 12.8 Å². The molecule has 5 heteroatoms. The lowest BCUT2D eigenvalue weighted by Crippen LogP contribution is -2.51. The lowest BCUT2D eigenvalue weighted by atomic mass is 9.74. The van der Waals surface area contributed by atoms with Gasteiger partial charge >= 0.3 is 0 Å². The average molecular weight is 217 g/mol. The third kappa shape index (κ3) is 2.49. The third-order valence-electron chi connectivity index (χ3n) is 3.27. The molecule has 0 bridgehead atoms. The van der Waals surface area contributed by atoms with Crippen LogP contribution in [0.3, 0.4) is 0 Å². The number of hydrogen-bond acceptors (Lipinski definition) is 5. The highest BCUT2D eigenvalue weighted by Crippen LogP contribution is 2.37. The first kappa shape index (κ1) is 11.3. The molecule has 0 saturated carbocycles. The van der Waals surface area contributed by atoms with Crippen molar-refractivity contribution in [1.29, 1.82) is 0 Å². The van der Waals surface area contributed by atoms with E-state index in [0.717, 1.165) is 19.4 Å². The summed E-state index contributed by atoms with van der Waals surface area (Å²) in [6.45, 7) is 3.69. The van der Waals surface area contributed by atoms with Crippen molar-refractivity contribution in [2.45, 2.75) is 12.8 Å². The van der Waals surface area contributed by atoms with E-state index in [1.54, 1.807) is 0 Å². The minimum Gasteiger partial charge on any atom is -0.355 e. The fraction of sp³-hybridized carbons (Fsp3) is 1.00. The summed E-state index contributed by atoms with van der Waals surface area (Å²) in [5, 5.41) is 0. The second-order valence-corrected chi connectivity index (χ2v) is 4.35. The highest BCUT2D eigenvalue weighted by Gasteiger charge is 2.44. The number of rotatable bonds is 3. The molecule has 15 heavy (non-hydrogen) atoms. The molecule has 5 nitrogen and oxygen atoms in total. The largest absolute Gasteiger partial charge is 0.355 e. The quantitative estimate of drug-likeness (QED) is 0.689. The monoisotopic (exact) mass is 217 g/mol. The van der Waals surface area contributed by atoms with Gasteiger partial charge in [-0.15, -0.1) is 0 Å². The van der Waals surface area contributed by atoms with E-state index in [0.29, 0.717) is 39.1 Å². The minimum atomic E-state index is -0.0222. The maximum atomic E-state index is 5.53. The molecule has 1 atom stereocenters. The Kier molecular flexibility index (Phi) is 3.93. The first-order valence-electron chi connectivity index (χ1n) is 5.47. The van der Waals surface area contributed by atoms with Gasteiger partial charge in [-0.1, -0.05) is 0 Å². The van der Waals surface area contributed by atoms with Crippen LogP contribution in [0.5, 0.6) is 0 Å². The highest BCUT2D eigenvalue weighted by molar-refractivity contribution is 4.88. The lowest BCUT2D eigenvalue weighted by Gasteiger charge is -2.44. The van der Waals surface area contributed by atoms with Gasteiger partial charge in [0.25, 0.3) is 0 Å². The van der Waals surface area contributed by atoms with Crippen molar-refractivity contribution in [2.24, 2.45) is 17.1 Å². The maximum absolute atomic E-state index is 5.53. The number of ether oxygens (including phenoxy) is 2. The van der Waals surface area contributed by atoms with Crippen LogP contribution >= 0.6 is 0 Å². The van der Waals surface area contributed by atoms with Gasteiger partial charge in [0.1, 0.15) is 6.79 Å². The highest BCUT2D eigenvalue weighted by atomic mass is 17.2. The third-order valence-corrected chi connectivity index (χ3v) is 3.27. The number of hydrogen-bond donors (Lipinski definition) is 1. The fourth-order valence-corrected chi connectivity index (χ4v) is 2.25. The van der Waals surface area contributed by atoms with Crippen molar-refractivity contribution in [3.63, 3.8) is 0 Å². The lowest BCUT2D eigenvalue weighted by molar-refractivity contribution is -0.374. The molecule has 0 amide bonds. The summed E-state index contributed by atoms with van der Waals surface area (Å²) >= 11 is 0. The minimum absolute atomic E-state index is 0.0222. The van der Waals surface area contributed by atoms with Crippen molar-refractivity contribution in [3.8, 4) is 0 Å². The van der Waals surface area contributed by atoms with E-state index in [1.165, 1.54) is 0 Å². The molecule has 0 aromatic carbocycles. The van der Waals surface area contributed by atoms with Crippen molar-refractivity contribution >= 4 is 0 Å². The van der Waals surface area contributed by atoms with Crippen LogP contribution in [0.15, 0.2) is 0 Å². The maximum Gasteiger partial charge on any atom is 0.146 e. The average Bonchev–Trinajstić information content (AvgIpc) is 2.29. The predicted molar refractivity (Wildman–Crippen MR) is 52.9 cm³/mol. The van der Waals surface area contributed by atoms with Gasteiger partial charge in [0.15, 0.2) is 0 Å². The molecule has 1 unspecified atom stereocenters. The molecule has 2 heterocycles. The standard InChI is InChI=1S/C10H19NO4/c11-3-1-2-9-4-14-15-7-10(9)5-12-8-13-6-10/h9H,1-8,11H2. The van der Waals surface area contributed by atoms with Crippen LogP contribution in [-0.2, 0) is 19.2 Å². The van der Waals surface area contributed by atoms with E-state index < -0.39 is 0 Å². The molecule has 1 spiro atoms. The first-order chi connectivity index (χ1) is 7.37. The predicted octanol–water partition coefficient (Wildman–Crippen LogP) is 0.294. The van der Waals surface area contributed by atoms with Crippen molar-refractivity contribution in [2.75, 3.05) is 39.8 Å². The molecule has 2 fully saturated rings. The van der Waals surface area contributed by atoms with Gasteiger partial charge in [0, 0.05) is 5.41 Å². The molecule has 2 aliphatic heterocycles. The molecule has 0 aromatic heterocycles. The van der Waals surface area contributed by atoms with Crippen molar-refractivity contribution in [3.05, 3.63) is 0 Å². The van der Waals surface area contributed by atoms with Crippen LogP contribution in [0.4, 0.5) is 0 Å². The van der Waals surface area contributed by atoms with Gasteiger partial charge in [-0.2, -0.15) is 0 Å². The van der Waals surface area contributed by atoms with E-state index in [-0.39, 0.29) is 5.41 Å². The Bertz CT molecular complexity index is 186. The zero-order chi connectivity index (χ0) is 10.6. The van der Waals surface area contributed by atoms with Crippen LogP contribution in [0.2, 0.25) is 0 Å². The van der Waals surface area contributed by atoms with Gasteiger partial charge in [-0.3, -0.25) is 0 Å². The second kappa shape index (κ2) is 5.23. The van der Waals surface area contributed by atoms with Crippen molar-refractivity contribution in [1.82, 2.24) is 0 Å². The molecule has 2 saturated heterocycles. The van der Waals surface area contributed by atoms with E-state index >= 15 is 0 Å². The molecular formula is C10H19NO4. The number of nitrogens with two attached hydrogens (primary N) is 1. The fourth-order valence-electron chi connectivity index (χ4n) is 2.25. The zero-order valence-corrected chi connectivity index (χ0v) is 8.94. The molecule has 0 aromatic rings. The Morgan fingerprint density at radius 1 is 1.13 bits per heavy atom. The summed E-state index contributed by atoms with van der Waals surface area (Å²) in [6, 6.07) is 0. The molecular weight excluding hydrogens is 198 g/mol. The van der Waals surface area contributed by atoms with E-state index in [4.69, 9.17) is 25.0 Å². The van der Waals surface area contributed by atoms with Crippen LogP contribution in [-0.4, -0.2) is 39.8 Å². The van der Waals surface area contributed by atoms with Crippen LogP contribution in [0.25, 0.3) is 0 Å². The Morgan fingerprint density at radius 2 is 1.93 bits per heavy atom. The molecule has 88 valence electrons. The van der Waals surface area contributed by atoms with Gasteiger partial charge in [0.05, 0.1) is 26.4 Å². The second-order valence-electron chi connectivity index (χ2n) is 4.35. The molecule has 2 rings (SSSR count). The summed E-state index contributed by atoms with van der Waals surface area (Å²) in [6.07, 6.45) is 2.06. The Hall–Kier alpha value is -0.200. The van der Waals surface area contributed by atoms with Crippen LogP contribution in [0, 0.1) is 11.3 Å². The molecule has 0 aliphatic carbocycles. The van der Waals surface area contributed by atoms with Crippen LogP contribution < -0.4 is 5.73 Å². The zero-order valence-electron chi connectivity index (χ0n) is 8.94. The van der Waals surface area contributed by atoms with Gasteiger partial charge in [-0.05, 0) is 25.3 Å². The Morgan fingerprint density at radius 3 is 2.67 bits per heavy atom. The van der Waals surface area contributed by atoms with Gasteiger partial charge in [-0.25, -0.2) is 9.78 Å². The topological polar surface area (TPSA) is 62.9 Å². The Labute approximate surface area is 89.7 Å². The summed E-state index contributed by atoms with van der Waals surface area (Å²) in [5.41, 5.74) is 5.51. The normalized spacial score (nSPS) is 30.6. The summed E-state index contributed by atoms with van der Waals surface area (Å²) in [7, 11) is 0. The van der Waals surface area contributed by atoms with Crippen molar-refractivity contribution < 1.29 is 19.2 Å². The Balaban J connectivity index is 1.97. The molecule has 0 radical (unpaired) electrons. The van der Waals surface area contributed by atoms with E-state index in [1.807, 2.05) is 0 Å². The smallest absolute Gasteiger partial charge is 0.146 e. The van der Waals surface area contributed by atoms with E-state index in [9.17, 15) is 0 Å². The molecule has 2 N–H and O–H groups in total.